The second-order valence-electron chi connectivity index (χ2n) is 5.59. The molecule has 0 aliphatic heterocycles. The van der Waals surface area contributed by atoms with Gasteiger partial charge < -0.3 is 9.84 Å². The lowest BCUT2D eigenvalue weighted by Crippen LogP contribution is -2.42. The van der Waals surface area contributed by atoms with E-state index in [1.807, 2.05) is 0 Å². The number of aliphatic hydroxyl groups is 1. The highest BCUT2D eigenvalue weighted by Gasteiger charge is 2.41. The molecule has 1 saturated carbocycles. The van der Waals surface area contributed by atoms with Crippen LogP contribution in [0, 0.1) is 27.9 Å². The molecule has 0 radical (unpaired) electrons. The first-order valence-electron chi connectivity index (χ1n) is 7.15. The van der Waals surface area contributed by atoms with Gasteiger partial charge in [-0.05, 0) is 37.0 Å². The number of non-ortho nitro benzene ring substituents is 1. The summed E-state index contributed by atoms with van der Waals surface area (Å²) >= 11 is 0. The Kier molecular flexibility index (Phi) is 4.82. The fourth-order valence-corrected chi connectivity index (χ4v) is 2.64. The Labute approximate surface area is 133 Å². The van der Waals surface area contributed by atoms with Gasteiger partial charge in [0, 0.05) is 12.1 Å². The minimum Gasteiger partial charge on any atom is -0.460 e. The van der Waals surface area contributed by atoms with Crippen LogP contribution in [0.3, 0.4) is 0 Å². The minimum absolute atomic E-state index is 0.111. The van der Waals surface area contributed by atoms with E-state index in [0.717, 1.165) is 6.42 Å². The van der Waals surface area contributed by atoms with Gasteiger partial charge in [0.15, 0.2) is 0 Å². The molecule has 6 nitrogen and oxygen atoms in total. The molecule has 0 heterocycles. The summed E-state index contributed by atoms with van der Waals surface area (Å²) in [6.45, 7) is 3.67. The number of carbonyl (C=O) groups is 1. The van der Waals surface area contributed by atoms with Gasteiger partial charge in [0.25, 0.3) is 5.69 Å². The van der Waals surface area contributed by atoms with Gasteiger partial charge in [0.05, 0.1) is 22.0 Å². The highest BCUT2D eigenvalue weighted by molar-refractivity contribution is 5.89. The lowest BCUT2D eigenvalue weighted by atomic mass is 9.71. The molecule has 0 aromatic heterocycles. The van der Waals surface area contributed by atoms with Crippen LogP contribution in [0.4, 0.5) is 5.69 Å². The Bertz CT molecular complexity index is 673. The monoisotopic (exact) mass is 315 g/mol. The average Bonchev–Trinajstić information content (AvgIpc) is 2.56. The number of ether oxygens (including phenoxy) is 1. The van der Waals surface area contributed by atoms with E-state index >= 15 is 0 Å². The van der Waals surface area contributed by atoms with Crippen LogP contribution in [-0.2, 0) is 4.74 Å². The number of nitro benzene ring substituents is 1. The number of rotatable bonds is 4. The fraction of sp³-hybridized carbons (Fsp3) is 0.353. The molecule has 6 heteroatoms. The molecule has 1 aromatic rings. The summed E-state index contributed by atoms with van der Waals surface area (Å²) in [5.74, 6) is 1.91. The van der Waals surface area contributed by atoms with Gasteiger partial charge in [-0.15, -0.1) is 6.42 Å². The summed E-state index contributed by atoms with van der Waals surface area (Å²) in [5, 5.41) is 20.9. The molecule has 120 valence electrons. The molecule has 0 saturated heterocycles. The van der Waals surface area contributed by atoms with Crippen molar-refractivity contribution in [3.8, 4) is 12.3 Å². The van der Waals surface area contributed by atoms with Crippen molar-refractivity contribution in [3.05, 3.63) is 52.1 Å². The Hall–Kier alpha value is -2.65. The van der Waals surface area contributed by atoms with Crippen molar-refractivity contribution in [3.63, 3.8) is 0 Å². The number of aliphatic hydroxyl groups excluding tert-OH is 1. The zero-order valence-electron chi connectivity index (χ0n) is 12.5. The predicted octanol–water partition coefficient (Wildman–Crippen LogP) is 2.47. The topological polar surface area (TPSA) is 89.7 Å². The Morgan fingerprint density at radius 3 is 2.74 bits per heavy atom. The van der Waals surface area contributed by atoms with Crippen LogP contribution >= 0.6 is 0 Å². The molecule has 0 unspecified atom stereocenters. The number of terminal acetylenes is 1. The van der Waals surface area contributed by atoms with Gasteiger partial charge >= 0.3 is 5.97 Å². The van der Waals surface area contributed by atoms with Crippen molar-refractivity contribution >= 4 is 11.7 Å². The van der Waals surface area contributed by atoms with Crippen LogP contribution in [0.25, 0.3) is 0 Å². The van der Waals surface area contributed by atoms with Gasteiger partial charge in [0.1, 0.15) is 6.61 Å². The SMILES string of the molecule is C#C[C@@]1(COC(=O)c2ccc([N+](=O)[O-])cc2)CCCC(=C)[C@H]1O. The van der Waals surface area contributed by atoms with Crippen molar-refractivity contribution in [1.29, 1.82) is 0 Å². The molecule has 1 fully saturated rings. The first kappa shape index (κ1) is 16.7. The zero-order chi connectivity index (χ0) is 17.0. The first-order chi connectivity index (χ1) is 10.9. The molecule has 0 amide bonds. The van der Waals surface area contributed by atoms with Crippen LogP contribution in [0.1, 0.15) is 29.6 Å². The summed E-state index contributed by atoms with van der Waals surface area (Å²) in [4.78, 5) is 22.1. The standard InChI is InChI=1S/C17H17NO5/c1-3-17(10-4-5-12(2)15(17)19)11-23-16(20)13-6-8-14(9-7-13)18(21)22/h1,6-9,15,19H,2,4-5,10-11H2/t15-,17+/m1/s1. The number of hydrogen-bond donors (Lipinski definition) is 1. The van der Waals surface area contributed by atoms with E-state index < -0.39 is 22.4 Å². The summed E-state index contributed by atoms with van der Waals surface area (Å²) in [7, 11) is 0. The lowest BCUT2D eigenvalue weighted by molar-refractivity contribution is -0.384. The van der Waals surface area contributed by atoms with E-state index in [0.29, 0.717) is 18.4 Å². The van der Waals surface area contributed by atoms with Crippen LogP contribution in [0.15, 0.2) is 36.4 Å². The van der Waals surface area contributed by atoms with E-state index in [2.05, 4.69) is 12.5 Å². The summed E-state index contributed by atoms with van der Waals surface area (Å²) in [6.07, 6.45) is 6.65. The third-order valence-corrected chi connectivity index (χ3v) is 4.09. The van der Waals surface area contributed by atoms with Crippen molar-refractivity contribution in [2.75, 3.05) is 6.61 Å². The summed E-state index contributed by atoms with van der Waals surface area (Å²) in [6, 6.07) is 5.09. The predicted molar refractivity (Wildman–Crippen MR) is 83.6 cm³/mol. The van der Waals surface area contributed by atoms with Crippen LogP contribution in [0.2, 0.25) is 0 Å². The third kappa shape index (κ3) is 3.41. The van der Waals surface area contributed by atoms with Crippen LogP contribution < -0.4 is 0 Å². The average molecular weight is 315 g/mol. The van der Waals surface area contributed by atoms with Crippen molar-refractivity contribution in [2.45, 2.75) is 25.4 Å². The van der Waals surface area contributed by atoms with Gasteiger partial charge in [-0.1, -0.05) is 12.5 Å². The summed E-state index contributed by atoms with van der Waals surface area (Å²) in [5.41, 5.74) is -0.251. The summed E-state index contributed by atoms with van der Waals surface area (Å²) < 4.78 is 5.23. The Balaban J connectivity index is 2.06. The molecule has 2 atom stereocenters. The molecule has 2 rings (SSSR count). The number of nitro groups is 1. The lowest BCUT2D eigenvalue weighted by Gasteiger charge is -2.37. The highest BCUT2D eigenvalue weighted by Crippen LogP contribution is 2.38. The molecule has 0 spiro atoms. The Morgan fingerprint density at radius 1 is 1.52 bits per heavy atom. The van der Waals surface area contributed by atoms with Gasteiger partial charge in [-0.25, -0.2) is 4.79 Å². The smallest absolute Gasteiger partial charge is 0.338 e. The molecule has 0 bridgehead atoms. The zero-order valence-corrected chi connectivity index (χ0v) is 12.5. The number of benzene rings is 1. The largest absolute Gasteiger partial charge is 0.460 e. The molecule has 1 aromatic carbocycles. The molecule has 1 N–H and O–H groups in total. The first-order valence-corrected chi connectivity index (χ1v) is 7.15. The van der Waals surface area contributed by atoms with Gasteiger partial charge in [-0.2, -0.15) is 0 Å². The minimum atomic E-state index is -0.966. The normalized spacial score (nSPS) is 23.8. The maximum atomic E-state index is 12.1. The molecule has 1 aliphatic rings. The second kappa shape index (κ2) is 6.63. The van der Waals surface area contributed by atoms with E-state index in [-0.39, 0.29) is 17.9 Å². The molecular weight excluding hydrogens is 298 g/mol. The highest BCUT2D eigenvalue weighted by atomic mass is 16.6. The van der Waals surface area contributed by atoms with Crippen molar-refractivity contribution in [2.24, 2.45) is 5.41 Å². The van der Waals surface area contributed by atoms with E-state index in [1.165, 1.54) is 24.3 Å². The quantitative estimate of drug-likeness (QED) is 0.303. The van der Waals surface area contributed by atoms with E-state index in [1.54, 1.807) is 0 Å². The number of nitrogens with zero attached hydrogens (tertiary/aromatic N) is 1. The van der Waals surface area contributed by atoms with Crippen molar-refractivity contribution in [1.82, 2.24) is 0 Å². The maximum absolute atomic E-state index is 12.1. The fourth-order valence-electron chi connectivity index (χ4n) is 2.64. The number of hydrogen-bond acceptors (Lipinski definition) is 5. The number of carbonyl (C=O) groups excluding carboxylic acids is 1. The van der Waals surface area contributed by atoms with Gasteiger partial charge in [0.2, 0.25) is 0 Å². The van der Waals surface area contributed by atoms with Crippen LogP contribution in [0.5, 0.6) is 0 Å². The van der Waals surface area contributed by atoms with Crippen LogP contribution in [-0.4, -0.2) is 28.7 Å². The van der Waals surface area contributed by atoms with Gasteiger partial charge in [-0.3, -0.25) is 10.1 Å². The molecule has 23 heavy (non-hydrogen) atoms. The maximum Gasteiger partial charge on any atom is 0.338 e. The molecular formula is C17H17NO5. The third-order valence-electron chi connectivity index (χ3n) is 4.09. The van der Waals surface area contributed by atoms with E-state index in [9.17, 15) is 20.0 Å². The molecule has 1 aliphatic carbocycles. The number of esters is 1. The second-order valence-corrected chi connectivity index (χ2v) is 5.59. The van der Waals surface area contributed by atoms with Crippen molar-refractivity contribution < 1.29 is 19.6 Å². The Morgan fingerprint density at radius 2 is 2.17 bits per heavy atom. The van der Waals surface area contributed by atoms with E-state index in [4.69, 9.17) is 11.2 Å².